The Bertz CT molecular complexity index is 737. The van der Waals surface area contributed by atoms with E-state index >= 15 is 0 Å². The van der Waals surface area contributed by atoms with Crippen molar-refractivity contribution >= 4 is 15.8 Å². The standard InChI is InChI=1S/C15H26N6O2S/c1-4-16-14(20-8-9-24(22,23)15(2,3)11-20)17-10-13-19-18-12-6-5-7-21(12)13/h4-11H2,1-3H3,(H,16,17). The molecule has 0 atom stereocenters. The molecule has 0 spiro atoms. The quantitative estimate of drug-likeness (QED) is 0.616. The summed E-state index contributed by atoms with van der Waals surface area (Å²) in [7, 11) is -3.06. The third-order valence-corrected chi connectivity index (χ3v) is 7.27. The van der Waals surface area contributed by atoms with E-state index in [1.54, 1.807) is 13.8 Å². The van der Waals surface area contributed by atoms with Crippen LogP contribution in [0.3, 0.4) is 0 Å². The zero-order valence-electron chi connectivity index (χ0n) is 14.6. The van der Waals surface area contributed by atoms with E-state index in [2.05, 4.69) is 25.1 Å². The fourth-order valence-electron chi connectivity index (χ4n) is 3.22. The zero-order valence-corrected chi connectivity index (χ0v) is 15.4. The van der Waals surface area contributed by atoms with Crippen molar-refractivity contribution in [3.63, 3.8) is 0 Å². The molecule has 0 aliphatic carbocycles. The van der Waals surface area contributed by atoms with Crippen molar-refractivity contribution < 1.29 is 8.42 Å². The van der Waals surface area contributed by atoms with Crippen LogP contribution in [0.1, 0.15) is 38.8 Å². The molecule has 134 valence electrons. The lowest BCUT2D eigenvalue weighted by Gasteiger charge is -2.39. The molecule has 1 fully saturated rings. The molecule has 1 saturated heterocycles. The van der Waals surface area contributed by atoms with Crippen molar-refractivity contribution in [3.05, 3.63) is 11.6 Å². The highest BCUT2D eigenvalue weighted by Gasteiger charge is 2.41. The summed E-state index contributed by atoms with van der Waals surface area (Å²) < 4.78 is 25.8. The fraction of sp³-hybridized carbons (Fsp3) is 0.800. The monoisotopic (exact) mass is 354 g/mol. The molecule has 8 nitrogen and oxygen atoms in total. The van der Waals surface area contributed by atoms with E-state index in [-0.39, 0.29) is 5.75 Å². The Kier molecular flexibility index (Phi) is 4.54. The summed E-state index contributed by atoms with van der Waals surface area (Å²) in [5.74, 6) is 2.82. The first-order chi connectivity index (χ1) is 11.3. The van der Waals surface area contributed by atoms with Gasteiger partial charge in [0.15, 0.2) is 21.6 Å². The van der Waals surface area contributed by atoms with Gasteiger partial charge in [-0.1, -0.05) is 0 Å². The number of sulfone groups is 1. The van der Waals surface area contributed by atoms with Crippen LogP contribution in [0.5, 0.6) is 0 Å². The summed E-state index contributed by atoms with van der Waals surface area (Å²) in [5, 5.41) is 11.7. The van der Waals surface area contributed by atoms with Gasteiger partial charge in [0, 0.05) is 32.6 Å². The topological polar surface area (TPSA) is 92.5 Å². The molecule has 0 amide bonds. The van der Waals surface area contributed by atoms with E-state index in [9.17, 15) is 8.42 Å². The number of rotatable bonds is 3. The van der Waals surface area contributed by atoms with Crippen LogP contribution < -0.4 is 5.32 Å². The molecule has 3 rings (SSSR count). The molecule has 3 heterocycles. The first-order valence-electron chi connectivity index (χ1n) is 8.50. The largest absolute Gasteiger partial charge is 0.357 e. The Hall–Kier alpha value is -1.64. The van der Waals surface area contributed by atoms with Gasteiger partial charge in [-0.15, -0.1) is 10.2 Å². The Balaban J connectivity index is 1.77. The van der Waals surface area contributed by atoms with E-state index in [0.29, 0.717) is 19.6 Å². The lowest BCUT2D eigenvalue weighted by molar-refractivity contribution is 0.353. The minimum absolute atomic E-state index is 0.157. The third kappa shape index (κ3) is 3.13. The van der Waals surface area contributed by atoms with Crippen molar-refractivity contribution in [1.29, 1.82) is 0 Å². The number of fused-ring (bicyclic) bond motifs is 1. The molecular weight excluding hydrogens is 328 g/mol. The third-order valence-electron chi connectivity index (χ3n) is 4.73. The van der Waals surface area contributed by atoms with Crippen LogP contribution in [0.2, 0.25) is 0 Å². The van der Waals surface area contributed by atoms with Crippen LogP contribution in [0.25, 0.3) is 0 Å². The van der Waals surface area contributed by atoms with Gasteiger partial charge in [-0.25, -0.2) is 13.4 Å². The Morgan fingerprint density at radius 3 is 2.83 bits per heavy atom. The maximum absolute atomic E-state index is 12.2. The van der Waals surface area contributed by atoms with Gasteiger partial charge in [-0.3, -0.25) is 0 Å². The predicted octanol–water partition coefficient (Wildman–Crippen LogP) is 0.199. The lowest BCUT2D eigenvalue weighted by Crippen LogP contribution is -2.57. The number of aromatic nitrogens is 3. The summed E-state index contributed by atoms with van der Waals surface area (Å²) >= 11 is 0. The van der Waals surface area contributed by atoms with Gasteiger partial charge >= 0.3 is 0 Å². The molecule has 0 unspecified atom stereocenters. The number of nitrogens with zero attached hydrogens (tertiary/aromatic N) is 5. The zero-order chi connectivity index (χ0) is 17.4. The van der Waals surface area contributed by atoms with Crippen LogP contribution >= 0.6 is 0 Å². The Morgan fingerprint density at radius 2 is 2.12 bits per heavy atom. The normalized spacial score (nSPS) is 22.5. The maximum atomic E-state index is 12.2. The smallest absolute Gasteiger partial charge is 0.194 e. The fourth-order valence-corrected chi connectivity index (χ4v) is 4.59. The van der Waals surface area contributed by atoms with E-state index in [0.717, 1.165) is 43.5 Å². The first-order valence-corrected chi connectivity index (χ1v) is 10.2. The number of hydrogen-bond donors (Lipinski definition) is 1. The van der Waals surface area contributed by atoms with Crippen LogP contribution in [-0.2, 0) is 29.3 Å². The Labute approximate surface area is 143 Å². The van der Waals surface area contributed by atoms with Crippen LogP contribution in [-0.4, -0.2) is 64.2 Å². The van der Waals surface area contributed by atoms with Crippen molar-refractivity contribution in [3.8, 4) is 0 Å². The molecule has 0 radical (unpaired) electrons. The summed E-state index contributed by atoms with van der Waals surface area (Å²) in [4.78, 5) is 6.72. The highest BCUT2D eigenvalue weighted by atomic mass is 32.2. The summed E-state index contributed by atoms with van der Waals surface area (Å²) in [5.41, 5.74) is 0. The van der Waals surface area contributed by atoms with Crippen LogP contribution in [0.4, 0.5) is 0 Å². The van der Waals surface area contributed by atoms with E-state index in [1.807, 2.05) is 11.8 Å². The molecule has 2 aliphatic heterocycles. The molecular formula is C15H26N6O2S. The van der Waals surface area contributed by atoms with Crippen molar-refractivity contribution in [2.24, 2.45) is 4.99 Å². The molecule has 24 heavy (non-hydrogen) atoms. The van der Waals surface area contributed by atoms with E-state index in [1.165, 1.54) is 0 Å². The number of nitrogens with one attached hydrogen (secondary N) is 1. The minimum atomic E-state index is -3.06. The minimum Gasteiger partial charge on any atom is -0.357 e. The van der Waals surface area contributed by atoms with Gasteiger partial charge in [-0.2, -0.15) is 0 Å². The molecule has 1 aromatic rings. The molecule has 1 N–H and O–H groups in total. The molecule has 9 heteroatoms. The van der Waals surface area contributed by atoms with E-state index < -0.39 is 14.6 Å². The summed E-state index contributed by atoms with van der Waals surface area (Å²) in [6.45, 7) is 8.63. The molecule has 0 aromatic carbocycles. The van der Waals surface area contributed by atoms with Gasteiger partial charge in [0.25, 0.3) is 0 Å². The van der Waals surface area contributed by atoms with Crippen molar-refractivity contribution in [2.45, 2.75) is 51.4 Å². The van der Waals surface area contributed by atoms with Crippen LogP contribution in [0.15, 0.2) is 4.99 Å². The SMILES string of the molecule is CCNC(=NCc1nnc2n1CCC2)N1CCS(=O)(=O)C(C)(C)C1. The van der Waals surface area contributed by atoms with Gasteiger partial charge in [0.2, 0.25) is 0 Å². The second-order valence-electron chi connectivity index (χ2n) is 6.96. The molecule has 1 aromatic heterocycles. The number of aliphatic imine (C=N–C) groups is 1. The number of aryl methyl sites for hydroxylation is 1. The average Bonchev–Trinajstić information content (AvgIpc) is 3.10. The predicted molar refractivity (Wildman–Crippen MR) is 92.6 cm³/mol. The molecule has 2 aliphatic rings. The summed E-state index contributed by atoms with van der Waals surface area (Å²) in [6, 6.07) is 0. The van der Waals surface area contributed by atoms with Crippen LogP contribution in [0, 0.1) is 0 Å². The maximum Gasteiger partial charge on any atom is 0.194 e. The van der Waals surface area contributed by atoms with Crippen molar-refractivity contribution in [2.75, 3.05) is 25.4 Å². The Morgan fingerprint density at radius 1 is 1.33 bits per heavy atom. The van der Waals surface area contributed by atoms with Gasteiger partial charge in [-0.05, 0) is 27.2 Å². The second-order valence-corrected chi connectivity index (χ2v) is 9.70. The van der Waals surface area contributed by atoms with Gasteiger partial charge in [0.05, 0.1) is 10.5 Å². The lowest BCUT2D eigenvalue weighted by atomic mass is 10.2. The average molecular weight is 354 g/mol. The highest BCUT2D eigenvalue weighted by Crippen LogP contribution is 2.24. The van der Waals surface area contributed by atoms with Gasteiger partial charge < -0.3 is 14.8 Å². The van der Waals surface area contributed by atoms with E-state index in [4.69, 9.17) is 0 Å². The van der Waals surface area contributed by atoms with Crippen molar-refractivity contribution in [1.82, 2.24) is 25.0 Å². The summed E-state index contributed by atoms with van der Waals surface area (Å²) in [6.07, 6.45) is 2.09. The molecule has 0 saturated carbocycles. The van der Waals surface area contributed by atoms with Gasteiger partial charge in [0.1, 0.15) is 12.4 Å². The number of guanidine groups is 1. The first kappa shape index (κ1) is 17.2. The highest BCUT2D eigenvalue weighted by molar-refractivity contribution is 7.92. The number of hydrogen-bond acceptors (Lipinski definition) is 5. The molecule has 0 bridgehead atoms. The second kappa shape index (κ2) is 6.34.